The topological polar surface area (TPSA) is 46.2 Å². The lowest BCUT2D eigenvalue weighted by Crippen LogP contribution is -2.16. The summed E-state index contributed by atoms with van der Waals surface area (Å²) in [6.07, 6.45) is 5.09. The number of rotatable bonds is 8. The van der Waals surface area contributed by atoms with E-state index in [2.05, 4.69) is 42.3 Å². The van der Waals surface area contributed by atoms with Crippen LogP contribution in [0.25, 0.3) is 0 Å². The molecule has 0 saturated carbocycles. The Morgan fingerprint density at radius 2 is 2.19 bits per heavy atom. The summed E-state index contributed by atoms with van der Waals surface area (Å²) in [6.45, 7) is 7.79. The molecule has 0 saturated heterocycles. The van der Waals surface area contributed by atoms with Gasteiger partial charge in [0.05, 0.1) is 19.3 Å². The molecule has 0 bridgehead atoms. The van der Waals surface area contributed by atoms with Gasteiger partial charge < -0.3 is 9.73 Å². The average Bonchev–Trinajstić information content (AvgIpc) is 2.96. The largest absolute Gasteiger partial charge is 0.463 e. The van der Waals surface area contributed by atoms with Crippen molar-refractivity contribution in [1.82, 2.24) is 20.0 Å². The number of furan rings is 1. The van der Waals surface area contributed by atoms with Gasteiger partial charge in [0.25, 0.3) is 0 Å². The molecule has 0 radical (unpaired) electrons. The second-order valence-corrected chi connectivity index (χ2v) is 5.69. The Labute approximate surface area is 126 Å². The molecular formula is C16H26N4O. The third-order valence-electron chi connectivity index (χ3n) is 3.42. The molecule has 2 heterocycles. The summed E-state index contributed by atoms with van der Waals surface area (Å²) in [4.78, 5) is 2.23. The standard InChI is InChI=1S/C16H26N4O/c1-5-6-17-9-16-13(2)7-15(21-16)12-19(3)10-14-8-18-20(4)11-14/h7-8,11,17H,5-6,9-10,12H2,1-4H3. The Morgan fingerprint density at radius 3 is 2.86 bits per heavy atom. The van der Waals surface area contributed by atoms with E-state index in [9.17, 15) is 0 Å². The minimum atomic E-state index is 0.809. The van der Waals surface area contributed by atoms with Gasteiger partial charge in [0.15, 0.2) is 0 Å². The number of aromatic nitrogens is 2. The monoisotopic (exact) mass is 290 g/mol. The SMILES string of the molecule is CCCNCc1oc(CN(C)Cc2cnn(C)c2)cc1C. The van der Waals surface area contributed by atoms with Crippen LogP contribution in [0.15, 0.2) is 22.9 Å². The number of aryl methyl sites for hydroxylation is 2. The Hall–Kier alpha value is -1.59. The molecule has 21 heavy (non-hydrogen) atoms. The third-order valence-corrected chi connectivity index (χ3v) is 3.42. The molecular weight excluding hydrogens is 264 g/mol. The van der Waals surface area contributed by atoms with Crippen LogP contribution < -0.4 is 5.32 Å². The smallest absolute Gasteiger partial charge is 0.120 e. The molecule has 5 nitrogen and oxygen atoms in total. The van der Waals surface area contributed by atoms with E-state index in [1.54, 1.807) is 0 Å². The van der Waals surface area contributed by atoms with Gasteiger partial charge in [0.2, 0.25) is 0 Å². The molecule has 2 rings (SSSR count). The van der Waals surface area contributed by atoms with Crippen molar-refractivity contribution in [2.45, 2.75) is 39.9 Å². The van der Waals surface area contributed by atoms with Crippen LogP contribution in [0.5, 0.6) is 0 Å². The predicted molar refractivity (Wildman–Crippen MR) is 83.8 cm³/mol. The fraction of sp³-hybridized carbons (Fsp3) is 0.562. The highest BCUT2D eigenvalue weighted by atomic mass is 16.3. The molecule has 0 atom stereocenters. The molecule has 1 N–H and O–H groups in total. The van der Waals surface area contributed by atoms with Crippen LogP contribution in [0.3, 0.4) is 0 Å². The summed E-state index contributed by atoms with van der Waals surface area (Å²) in [7, 11) is 4.04. The van der Waals surface area contributed by atoms with E-state index in [0.717, 1.165) is 44.1 Å². The molecule has 0 fully saturated rings. The van der Waals surface area contributed by atoms with Crippen molar-refractivity contribution in [3.63, 3.8) is 0 Å². The van der Waals surface area contributed by atoms with Gasteiger partial charge in [0.1, 0.15) is 11.5 Å². The Balaban J connectivity index is 1.88. The van der Waals surface area contributed by atoms with Gasteiger partial charge >= 0.3 is 0 Å². The molecule has 0 aliphatic heterocycles. The maximum absolute atomic E-state index is 5.95. The molecule has 2 aromatic rings. The third kappa shape index (κ3) is 4.72. The summed E-state index contributed by atoms with van der Waals surface area (Å²) < 4.78 is 7.78. The second-order valence-electron chi connectivity index (χ2n) is 5.69. The molecule has 2 aromatic heterocycles. The van der Waals surface area contributed by atoms with E-state index in [-0.39, 0.29) is 0 Å². The van der Waals surface area contributed by atoms with Crippen LogP contribution in [-0.2, 0) is 26.7 Å². The normalized spacial score (nSPS) is 11.5. The van der Waals surface area contributed by atoms with Gasteiger partial charge in [-0.3, -0.25) is 9.58 Å². The minimum absolute atomic E-state index is 0.809. The zero-order valence-corrected chi connectivity index (χ0v) is 13.5. The van der Waals surface area contributed by atoms with Crippen LogP contribution in [0, 0.1) is 6.92 Å². The van der Waals surface area contributed by atoms with E-state index in [0.29, 0.717) is 0 Å². The van der Waals surface area contributed by atoms with Crippen molar-refractivity contribution < 1.29 is 4.42 Å². The van der Waals surface area contributed by atoms with E-state index < -0.39 is 0 Å². The zero-order chi connectivity index (χ0) is 15.2. The Bertz CT molecular complexity index is 558. The molecule has 0 aliphatic rings. The zero-order valence-electron chi connectivity index (χ0n) is 13.5. The van der Waals surface area contributed by atoms with Gasteiger partial charge in [-0.1, -0.05) is 6.92 Å². The molecule has 5 heteroatoms. The maximum atomic E-state index is 5.95. The molecule has 0 spiro atoms. The van der Waals surface area contributed by atoms with Crippen LogP contribution in [-0.4, -0.2) is 28.3 Å². The van der Waals surface area contributed by atoms with Crippen molar-refractivity contribution in [2.24, 2.45) is 7.05 Å². The molecule has 116 valence electrons. The number of hydrogen-bond acceptors (Lipinski definition) is 4. The van der Waals surface area contributed by atoms with Gasteiger partial charge in [-0.2, -0.15) is 5.10 Å². The lowest BCUT2D eigenvalue weighted by Gasteiger charge is -2.13. The van der Waals surface area contributed by atoms with Gasteiger partial charge in [-0.05, 0) is 38.6 Å². The van der Waals surface area contributed by atoms with Crippen molar-refractivity contribution >= 4 is 0 Å². The van der Waals surface area contributed by atoms with Crippen LogP contribution in [0.4, 0.5) is 0 Å². The van der Waals surface area contributed by atoms with E-state index in [1.807, 2.05) is 24.1 Å². The van der Waals surface area contributed by atoms with E-state index >= 15 is 0 Å². The Morgan fingerprint density at radius 1 is 1.38 bits per heavy atom. The first kappa shape index (κ1) is 15.8. The van der Waals surface area contributed by atoms with Gasteiger partial charge in [-0.25, -0.2) is 0 Å². The molecule has 0 unspecified atom stereocenters. The van der Waals surface area contributed by atoms with Crippen LogP contribution >= 0.6 is 0 Å². The summed E-state index contributed by atoms with van der Waals surface area (Å²) in [5.74, 6) is 2.07. The molecule has 0 aromatic carbocycles. The average molecular weight is 290 g/mol. The second kappa shape index (κ2) is 7.43. The van der Waals surface area contributed by atoms with Crippen LogP contribution in [0.2, 0.25) is 0 Å². The highest BCUT2D eigenvalue weighted by Crippen LogP contribution is 2.16. The maximum Gasteiger partial charge on any atom is 0.120 e. The van der Waals surface area contributed by atoms with Crippen molar-refractivity contribution in [2.75, 3.05) is 13.6 Å². The number of hydrogen-bond donors (Lipinski definition) is 1. The fourth-order valence-corrected chi connectivity index (χ4v) is 2.41. The van der Waals surface area contributed by atoms with E-state index in [1.165, 1.54) is 11.1 Å². The number of nitrogens with zero attached hydrogens (tertiary/aromatic N) is 3. The first-order valence-corrected chi connectivity index (χ1v) is 7.53. The van der Waals surface area contributed by atoms with Crippen molar-refractivity contribution in [3.05, 3.63) is 41.1 Å². The summed E-state index contributed by atoms with van der Waals surface area (Å²) in [6, 6.07) is 2.14. The predicted octanol–water partition coefficient (Wildman–Crippen LogP) is 2.45. The lowest BCUT2D eigenvalue weighted by molar-refractivity contribution is 0.282. The lowest BCUT2D eigenvalue weighted by atomic mass is 10.2. The van der Waals surface area contributed by atoms with E-state index in [4.69, 9.17) is 4.42 Å². The fourth-order valence-electron chi connectivity index (χ4n) is 2.41. The van der Waals surface area contributed by atoms with Gasteiger partial charge in [-0.15, -0.1) is 0 Å². The minimum Gasteiger partial charge on any atom is -0.463 e. The summed E-state index contributed by atoms with van der Waals surface area (Å²) in [5, 5.41) is 7.58. The summed E-state index contributed by atoms with van der Waals surface area (Å²) >= 11 is 0. The number of nitrogens with one attached hydrogen (secondary N) is 1. The highest BCUT2D eigenvalue weighted by Gasteiger charge is 2.10. The van der Waals surface area contributed by atoms with Crippen molar-refractivity contribution in [3.8, 4) is 0 Å². The first-order chi connectivity index (χ1) is 10.1. The Kier molecular flexibility index (Phi) is 5.59. The summed E-state index contributed by atoms with van der Waals surface area (Å²) in [5.41, 5.74) is 2.44. The van der Waals surface area contributed by atoms with Gasteiger partial charge in [0, 0.05) is 25.4 Å². The molecule has 0 amide bonds. The van der Waals surface area contributed by atoms with Crippen LogP contribution in [0.1, 0.15) is 36.0 Å². The quantitative estimate of drug-likeness (QED) is 0.759. The molecule has 0 aliphatic carbocycles. The van der Waals surface area contributed by atoms with Crippen molar-refractivity contribution in [1.29, 1.82) is 0 Å². The highest BCUT2D eigenvalue weighted by molar-refractivity contribution is 5.20. The first-order valence-electron chi connectivity index (χ1n) is 7.53.